The first-order valence-electron chi connectivity index (χ1n) is 27.1. The van der Waals surface area contributed by atoms with Crippen molar-refractivity contribution in [1.29, 1.82) is 0 Å². The van der Waals surface area contributed by atoms with Crippen LogP contribution in [-0.4, -0.2) is 87.5 Å². The van der Waals surface area contributed by atoms with Crippen molar-refractivity contribution < 1.29 is 39.8 Å². The molecule has 0 aromatic heterocycles. The summed E-state index contributed by atoms with van der Waals surface area (Å²) in [5, 5.41) is 53.7. The molecule has 0 spiro atoms. The van der Waals surface area contributed by atoms with Gasteiger partial charge in [0, 0.05) is 6.42 Å². The molecular formula is C59H99NO8. The van der Waals surface area contributed by atoms with Gasteiger partial charge in [0.2, 0.25) is 5.91 Å². The highest BCUT2D eigenvalue weighted by atomic mass is 16.7. The molecule has 7 unspecified atom stereocenters. The van der Waals surface area contributed by atoms with Gasteiger partial charge in [0.1, 0.15) is 24.4 Å². The predicted octanol–water partition coefficient (Wildman–Crippen LogP) is 13.0. The molecule has 1 heterocycles. The first-order valence-corrected chi connectivity index (χ1v) is 27.1. The first-order chi connectivity index (χ1) is 33.3. The summed E-state index contributed by atoms with van der Waals surface area (Å²) in [4.78, 5) is 12.8. The third kappa shape index (κ3) is 36.8. The summed E-state index contributed by atoms with van der Waals surface area (Å²) in [6, 6.07) is -0.804. The fourth-order valence-corrected chi connectivity index (χ4v) is 7.80. The van der Waals surface area contributed by atoms with Crippen molar-refractivity contribution >= 4 is 5.91 Å². The van der Waals surface area contributed by atoms with Crippen molar-refractivity contribution in [2.45, 2.75) is 243 Å². The topological polar surface area (TPSA) is 149 Å². The molecule has 7 atom stereocenters. The van der Waals surface area contributed by atoms with E-state index in [1.54, 1.807) is 6.08 Å². The van der Waals surface area contributed by atoms with Crippen LogP contribution in [-0.2, 0) is 14.3 Å². The van der Waals surface area contributed by atoms with Gasteiger partial charge in [0.15, 0.2) is 6.29 Å². The summed E-state index contributed by atoms with van der Waals surface area (Å²) >= 11 is 0. The fraction of sp³-hybridized carbons (Fsp3) is 0.678. The van der Waals surface area contributed by atoms with Gasteiger partial charge in [-0.25, -0.2) is 0 Å². The van der Waals surface area contributed by atoms with Gasteiger partial charge in [-0.3, -0.25) is 4.79 Å². The Kier molecular flexibility index (Phi) is 43.9. The lowest BCUT2D eigenvalue weighted by Gasteiger charge is -2.40. The zero-order valence-electron chi connectivity index (χ0n) is 42.8. The fourth-order valence-electron chi connectivity index (χ4n) is 7.80. The van der Waals surface area contributed by atoms with Gasteiger partial charge in [-0.15, -0.1) is 0 Å². The third-order valence-electron chi connectivity index (χ3n) is 12.1. The number of nitrogens with one attached hydrogen (secondary N) is 1. The van der Waals surface area contributed by atoms with Gasteiger partial charge >= 0.3 is 0 Å². The molecule has 0 radical (unpaired) electrons. The number of allylic oxidation sites excluding steroid dienone is 17. The van der Waals surface area contributed by atoms with E-state index in [0.717, 1.165) is 89.9 Å². The standard InChI is InChI=1S/C59H99NO8/c1-3-5-7-9-10-11-12-13-14-15-16-17-18-19-20-21-22-23-24-25-26-27-28-29-30-31-32-33-34-35-36-37-38-39-40-41-42-43-44-45-47-49-55(63)60-52(53(62)48-46-8-6-4-2)51-67-59-58(66)57(65)56(64)54(50-61)68-59/h5,7,10-11,13-14,16-17,19-20,22-23,25-26,28-29,46,48,52-54,56-59,61-62,64-66H,3-4,6,8-9,12,15,18,21,24,27,30-45,47,49-51H2,1-2H3,(H,60,63)/b7-5-,11-10-,14-13-,17-16-,20-19-,23-22-,26-25-,29-28-,48-46+. The van der Waals surface area contributed by atoms with Crippen LogP contribution >= 0.6 is 0 Å². The summed E-state index contributed by atoms with van der Waals surface area (Å²) in [6.45, 7) is 3.49. The molecule has 9 heteroatoms. The van der Waals surface area contributed by atoms with Crippen molar-refractivity contribution in [1.82, 2.24) is 5.32 Å². The zero-order chi connectivity index (χ0) is 49.4. The van der Waals surface area contributed by atoms with Crippen molar-refractivity contribution in [2.75, 3.05) is 13.2 Å². The highest BCUT2D eigenvalue weighted by Crippen LogP contribution is 2.23. The maximum Gasteiger partial charge on any atom is 0.220 e. The second-order valence-corrected chi connectivity index (χ2v) is 18.3. The Morgan fingerprint density at radius 1 is 0.515 bits per heavy atom. The van der Waals surface area contributed by atoms with E-state index in [-0.39, 0.29) is 12.5 Å². The Hall–Kier alpha value is -3.15. The van der Waals surface area contributed by atoms with Gasteiger partial charge < -0.3 is 40.3 Å². The molecular weight excluding hydrogens is 851 g/mol. The Morgan fingerprint density at radius 3 is 1.34 bits per heavy atom. The molecule has 1 amide bonds. The molecule has 388 valence electrons. The molecule has 68 heavy (non-hydrogen) atoms. The molecule has 1 aliphatic rings. The third-order valence-corrected chi connectivity index (χ3v) is 12.1. The minimum atomic E-state index is -1.57. The zero-order valence-corrected chi connectivity index (χ0v) is 42.8. The highest BCUT2D eigenvalue weighted by molar-refractivity contribution is 5.76. The van der Waals surface area contributed by atoms with E-state index in [0.29, 0.717) is 6.42 Å². The number of carbonyl (C=O) groups is 1. The number of rotatable bonds is 44. The van der Waals surface area contributed by atoms with E-state index in [4.69, 9.17) is 9.47 Å². The molecule has 0 aliphatic carbocycles. The Morgan fingerprint density at radius 2 is 0.912 bits per heavy atom. The maximum atomic E-state index is 12.8. The van der Waals surface area contributed by atoms with Crippen LogP contribution in [0.25, 0.3) is 0 Å². The van der Waals surface area contributed by atoms with Crippen molar-refractivity contribution in [2.24, 2.45) is 0 Å². The summed E-state index contributed by atoms with van der Waals surface area (Å²) in [5.41, 5.74) is 0. The molecule has 9 nitrogen and oxygen atoms in total. The number of hydrogen-bond donors (Lipinski definition) is 6. The average molecular weight is 950 g/mol. The lowest BCUT2D eigenvalue weighted by atomic mass is 9.99. The summed E-state index contributed by atoms with van der Waals surface area (Å²) in [6.07, 6.45) is 63.9. The largest absolute Gasteiger partial charge is 0.394 e. The van der Waals surface area contributed by atoms with E-state index < -0.39 is 49.5 Å². The van der Waals surface area contributed by atoms with Gasteiger partial charge in [0.05, 0.1) is 25.4 Å². The number of unbranched alkanes of at least 4 members (excludes halogenated alkanes) is 18. The molecule has 1 aliphatic heterocycles. The van der Waals surface area contributed by atoms with E-state index in [1.165, 1.54) is 89.9 Å². The van der Waals surface area contributed by atoms with Crippen LogP contribution in [0, 0.1) is 0 Å². The minimum absolute atomic E-state index is 0.190. The van der Waals surface area contributed by atoms with E-state index in [9.17, 15) is 30.3 Å². The SMILES string of the molecule is CC/C=C\C/C=C\C/C=C\C/C=C\C/C=C\C/C=C\C/C=C\C/C=C\CCCCCCCCCCCCCCCCCCC(=O)NC(COC1OC(CO)C(O)C(O)C1O)C(O)/C=C/CCCC. The summed E-state index contributed by atoms with van der Waals surface area (Å²) in [7, 11) is 0. The van der Waals surface area contributed by atoms with Gasteiger partial charge in [-0.2, -0.15) is 0 Å². The minimum Gasteiger partial charge on any atom is -0.394 e. The number of aliphatic hydroxyl groups is 5. The van der Waals surface area contributed by atoms with Crippen LogP contribution in [0.5, 0.6) is 0 Å². The molecule has 1 rings (SSSR count). The highest BCUT2D eigenvalue weighted by Gasteiger charge is 2.44. The van der Waals surface area contributed by atoms with Gasteiger partial charge in [0.25, 0.3) is 0 Å². The van der Waals surface area contributed by atoms with E-state index in [1.807, 2.05) is 6.08 Å². The Bertz CT molecular complexity index is 1430. The smallest absolute Gasteiger partial charge is 0.220 e. The van der Waals surface area contributed by atoms with Gasteiger partial charge in [-0.1, -0.05) is 226 Å². The average Bonchev–Trinajstić information content (AvgIpc) is 3.34. The lowest BCUT2D eigenvalue weighted by Crippen LogP contribution is -2.60. The van der Waals surface area contributed by atoms with E-state index >= 15 is 0 Å². The summed E-state index contributed by atoms with van der Waals surface area (Å²) in [5.74, 6) is -0.190. The van der Waals surface area contributed by atoms with Crippen molar-refractivity contribution in [3.8, 4) is 0 Å². The molecule has 0 aromatic rings. The van der Waals surface area contributed by atoms with Crippen LogP contribution in [0.2, 0.25) is 0 Å². The molecule has 0 aromatic carbocycles. The first kappa shape index (κ1) is 62.9. The molecule has 1 fully saturated rings. The maximum absolute atomic E-state index is 12.8. The molecule has 0 saturated carbocycles. The van der Waals surface area contributed by atoms with Crippen LogP contribution in [0.1, 0.15) is 200 Å². The number of aliphatic hydroxyl groups excluding tert-OH is 5. The van der Waals surface area contributed by atoms with Crippen LogP contribution in [0.3, 0.4) is 0 Å². The number of hydrogen-bond acceptors (Lipinski definition) is 8. The van der Waals surface area contributed by atoms with E-state index in [2.05, 4.69) is 116 Å². The van der Waals surface area contributed by atoms with Crippen LogP contribution < -0.4 is 5.32 Å². The molecule has 6 N–H and O–H groups in total. The normalized spacial score (nSPS) is 20.5. The second-order valence-electron chi connectivity index (χ2n) is 18.3. The van der Waals surface area contributed by atoms with Crippen LogP contribution in [0.15, 0.2) is 109 Å². The Labute approximate surface area is 415 Å². The molecule has 1 saturated heterocycles. The van der Waals surface area contributed by atoms with Crippen LogP contribution in [0.4, 0.5) is 0 Å². The monoisotopic (exact) mass is 950 g/mol. The van der Waals surface area contributed by atoms with Gasteiger partial charge in [-0.05, 0) is 77.0 Å². The van der Waals surface area contributed by atoms with Crippen molar-refractivity contribution in [3.63, 3.8) is 0 Å². The predicted molar refractivity (Wildman–Crippen MR) is 285 cm³/mol. The lowest BCUT2D eigenvalue weighted by molar-refractivity contribution is -0.302. The summed E-state index contributed by atoms with van der Waals surface area (Å²) < 4.78 is 11.1. The molecule has 0 bridgehead atoms. The quantitative estimate of drug-likeness (QED) is 0.0261. The Balaban J connectivity index is 1.98. The number of amides is 1. The number of carbonyl (C=O) groups excluding carboxylic acids is 1. The second kappa shape index (κ2) is 47.5. The number of ether oxygens (including phenoxy) is 2. The van der Waals surface area contributed by atoms with Crippen molar-refractivity contribution in [3.05, 3.63) is 109 Å².